The highest BCUT2D eigenvalue weighted by atomic mass is 17.2. The van der Waals surface area contributed by atoms with E-state index in [1.165, 1.54) is 6.42 Å². The van der Waals surface area contributed by atoms with Gasteiger partial charge in [0, 0.05) is 0 Å². The molecule has 1 saturated carbocycles. The molecule has 1 radical (unpaired) electrons. The summed E-state index contributed by atoms with van der Waals surface area (Å²) in [5, 5.41) is 0. The highest BCUT2D eigenvalue weighted by molar-refractivity contribution is 5.89. The smallest absolute Gasteiger partial charge is 0.292 e. The lowest BCUT2D eigenvalue weighted by Crippen LogP contribution is -2.16. The summed E-state index contributed by atoms with van der Waals surface area (Å²) in [6.45, 7) is 4.13. The third kappa shape index (κ3) is 3.57. The van der Waals surface area contributed by atoms with Crippen LogP contribution in [0.2, 0.25) is 0 Å². The first-order valence-electron chi connectivity index (χ1n) is 6.45. The molecule has 18 heavy (non-hydrogen) atoms. The summed E-state index contributed by atoms with van der Waals surface area (Å²) in [6.07, 6.45) is 5.00. The Morgan fingerprint density at radius 3 is 2.94 bits per heavy atom. The van der Waals surface area contributed by atoms with Crippen LogP contribution in [0, 0.1) is 18.9 Å². The third-order valence-corrected chi connectivity index (χ3v) is 3.22. The minimum Gasteiger partial charge on any atom is -0.292 e. The average molecular weight is 247 g/mol. The lowest BCUT2D eigenvalue weighted by Gasteiger charge is -2.23. The summed E-state index contributed by atoms with van der Waals surface area (Å²) in [5.41, 5.74) is 1.56. The molecule has 1 aromatic rings. The SMILES string of the molecule is Cc1cccc(C(=O)OO[C]2CCCC(C)C2)c1. The van der Waals surface area contributed by atoms with E-state index >= 15 is 0 Å². The molecular formula is C15H19O3. The van der Waals surface area contributed by atoms with Crippen LogP contribution in [0.1, 0.15) is 48.5 Å². The molecule has 0 amide bonds. The van der Waals surface area contributed by atoms with Crippen LogP contribution in [0.4, 0.5) is 0 Å². The fourth-order valence-electron chi connectivity index (χ4n) is 2.23. The lowest BCUT2D eigenvalue weighted by atomic mass is 9.89. The maximum Gasteiger partial charge on any atom is 0.373 e. The fourth-order valence-corrected chi connectivity index (χ4v) is 2.23. The Labute approximate surface area is 108 Å². The second-order valence-electron chi connectivity index (χ2n) is 5.06. The molecule has 0 aromatic heterocycles. The number of rotatable bonds is 3. The molecule has 1 aromatic carbocycles. The van der Waals surface area contributed by atoms with E-state index in [0.29, 0.717) is 11.5 Å². The van der Waals surface area contributed by atoms with Gasteiger partial charge in [0.05, 0.1) is 5.56 Å². The highest BCUT2D eigenvalue weighted by Gasteiger charge is 2.23. The molecule has 0 bridgehead atoms. The van der Waals surface area contributed by atoms with Crippen molar-refractivity contribution in [3.05, 3.63) is 41.5 Å². The molecule has 1 fully saturated rings. The number of hydrogen-bond donors (Lipinski definition) is 0. The first kappa shape index (κ1) is 13.1. The van der Waals surface area contributed by atoms with Crippen LogP contribution in [-0.2, 0) is 9.78 Å². The van der Waals surface area contributed by atoms with Crippen molar-refractivity contribution < 1.29 is 14.6 Å². The van der Waals surface area contributed by atoms with Crippen molar-refractivity contribution in [2.75, 3.05) is 0 Å². The van der Waals surface area contributed by atoms with E-state index in [1.54, 1.807) is 12.1 Å². The van der Waals surface area contributed by atoms with Crippen LogP contribution in [0.5, 0.6) is 0 Å². The Bertz CT molecular complexity index is 414. The van der Waals surface area contributed by atoms with Crippen molar-refractivity contribution in [1.29, 1.82) is 0 Å². The van der Waals surface area contributed by atoms with Crippen molar-refractivity contribution in [3.8, 4) is 0 Å². The van der Waals surface area contributed by atoms with Crippen LogP contribution in [0.15, 0.2) is 24.3 Å². The molecule has 3 heteroatoms. The van der Waals surface area contributed by atoms with Gasteiger partial charge >= 0.3 is 5.97 Å². The molecule has 0 aliphatic heterocycles. The molecule has 0 spiro atoms. The maximum absolute atomic E-state index is 11.8. The Kier molecular flexibility index (Phi) is 4.37. The zero-order valence-electron chi connectivity index (χ0n) is 10.9. The molecular weight excluding hydrogens is 228 g/mol. The minimum absolute atomic E-state index is 0.426. The second-order valence-corrected chi connectivity index (χ2v) is 5.06. The summed E-state index contributed by atoms with van der Waals surface area (Å²) in [4.78, 5) is 21.8. The second kappa shape index (κ2) is 6.01. The monoisotopic (exact) mass is 247 g/mol. The van der Waals surface area contributed by atoms with Gasteiger partial charge in [0.25, 0.3) is 0 Å². The van der Waals surface area contributed by atoms with Crippen LogP contribution in [0.3, 0.4) is 0 Å². The molecule has 1 aliphatic carbocycles. The van der Waals surface area contributed by atoms with E-state index in [1.807, 2.05) is 19.1 Å². The van der Waals surface area contributed by atoms with Crippen LogP contribution < -0.4 is 0 Å². The highest BCUT2D eigenvalue weighted by Crippen LogP contribution is 2.31. The number of aryl methyl sites for hydroxylation is 1. The van der Waals surface area contributed by atoms with Gasteiger partial charge in [0.2, 0.25) is 0 Å². The van der Waals surface area contributed by atoms with Crippen molar-refractivity contribution in [1.82, 2.24) is 0 Å². The first-order chi connectivity index (χ1) is 8.65. The summed E-state index contributed by atoms with van der Waals surface area (Å²) in [7, 11) is 0. The van der Waals surface area contributed by atoms with Gasteiger partial charge in [-0.25, -0.2) is 4.79 Å². The molecule has 97 valence electrons. The first-order valence-corrected chi connectivity index (χ1v) is 6.45. The van der Waals surface area contributed by atoms with E-state index in [2.05, 4.69) is 6.92 Å². The van der Waals surface area contributed by atoms with E-state index < -0.39 is 5.97 Å². The number of benzene rings is 1. The minimum atomic E-state index is -0.426. The Morgan fingerprint density at radius 1 is 1.39 bits per heavy atom. The topological polar surface area (TPSA) is 35.5 Å². The van der Waals surface area contributed by atoms with Gasteiger partial charge in [-0.15, -0.1) is 0 Å². The number of carbonyl (C=O) groups excluding carboxylic acids is 1. The van der Waals surface area contributed by atoms with E-state index in [4.69, 9.17) is 9.78 Å². The quantitative estimate of drug-likeness (QED) is 0.601. The van der Waals surface area contributed by atoms with Crippen molar-refractivity contribution in [2.24, 2.45) is 5.92 Å². The van der Waals surface area contributed by atoms with Gasteiger partial charge < -0.3 is 0 Å². The molecule has 1 unspecified atom stereocenters. The van der Waals surface area contributed by atoms with Gasteiger partial charge in [-0.1, -0.05) is 37.5 Å². The summed E-state index contributed by atoms with van der Waals surface area (Å²) >= 11 is 0. The average Bonchev–Trinajstić information content (AvgIpc) is 2.36. The predicted octanol–water partition coefficient (Wildman–Crippen LogP) is 3.83. The van der Waals surface area contributed by atoms with Gasteiger partial charge in [0.15, 0.2) is 0 Å². The van der Waals surface area contributed by atoms with E-state index in [9.17, 15) is 4.79 Å². The number of carbonyl (C=O) groups is 1. The van der Waals surface area contributed by atoms with Gasteiger partial charge in [-0.2, -0.15) is 4.89 Å². The zero-order chi connectivity index (χ0) is 13.0. The lowest BCUT2D eigenvalue weighted by molar-refractivity contribution is -0.241. The molecule has 1 aliphatic rings. The molecule has 0 heterocycles. The Hall–Kier alpha value is -1.35. The summed E-state index contributed by atoms with van der Waals surface area (Å²) in [5.74, 6) is 0.191. The van der Waals surface area contributed by atoms with Crippen molar-refractivity contribution in [2.45, 2.75) is 39.5 Å². The van der Waals surface area contributed by atoms with Gasteiger partial charge in [-0.05, 0) is 37.8 Å². The fraction of sp³-hybridized carbons (Fsp3) is 0.467. The van der Waals surface area contributed by atoms with Crippen molar-refractivity contribution in [3.63, 3.8) is 0 Å². The van der Waals surface area contributed by atoms with Crippen LogP contribution >= 0.6 is 0 Å². The molecule has 2 rings (SSSR count). The predicted molar refractivity (Wildman–Crippen MR) is 68.6 cm³/mol. The molecule has 1 atom stereocenters. The Morgan fingerprint density at radius 2 is 2.22 bits per heavy atom. The van der Waals surface area contributed by atoms with E-state index in [-0.39, 0.29) is 0 Å². The summed E-state index contributed by atoms with van der Waals surface area (Å²) < 4.78 is 0. The normalized spacial score (nSPS) is 20.7. The zero-order valence-corrected chi connectivity index (χ0v) is 10.9. The van der Waals surface area contributed by atoms with Crippen molar-refractivity contribution >= 4 is 5.97 Å². The largest absolute Gasteiger partial charge is 0.373 e. The molecule has 3 nitrogen and oxygen atoms in total. The molecule has 0 N–H and O–H groups in total. The van der Waals surface area contributed by atoms with Gasteiger partial charge in [-0.3, -0.25) is 4.89 Å². The van der Waals surface area contributed by atoms with Crippen LogP contribution in [0.25, 0.3) is 0 Å². The molecule has 0 saturated heterocycles. The third-order valence-electron chi connectivity index (χ3n) is 3.22. The summed E-state index contributed by atoms with van der Waals surface area (Å²) in [6, 6.07) is 7.30. The standard InChI is InChI=1S/C15H19O3/c1-11-5-3-7-13(9-11)15(16)18-17-14-8-4-6-12(2)10-14/h3,5,7,9,12H,4,6,8,10H2,1-2H3. The Balaban J connectivity index is 1.84. The number of hydrogen-bond acceptors (Lipinski definition) is 3. The van der Waals surface area contributed by atoms with Crippen LogP contribution in [-0.4, -0.2) is 5.97 Å². The van der Waals surface area contributed by atoms with Gasteiger partial charge in [0.1, 0.15) is 6.10 Å². The van der Waals surface area contributed by atoms with E-state index in [0.717, 1.165) is 30.9 Å². The maximum atomic E-state index is 11.8.